The SMILES string of the molecule is Cc1cccc(CCNc2ccc(Br)cc2[N+](=O)[O-])c1. The monoisotopic (exact) mass is 334 g/mol. The summed E-state index contributed by atoms with van der Waals surface area (Å²) in [5.41, 5.74) is 3.07. The maximum absolute atomic E-state index is 11.0. The van der Waals surface area contributed by atoms with E-state index in [4.69, 9.17) is 0 Å². The van der Waals surface area contributed by atoms with Crippen molar-refractivity contribution in [3.8, 4) is 0 Å². The zero-order valence-corrected chi connectivity index (χ0v) is 12.7. The van der Waals surface area contributed by atoms with E-state index in [9.17, 15) is 10.1 Å². The van der Waals surface area contributed by atoms with Crippen molar-refractivity contribution in [3.05, 3.63) is 68.2 Å². The molecule has 0 bridgehead atoms. The molecule has 20 heavy (non-hydrogen) atoms. The minimum absolute atomic E-state index is 0.0867. The lowest BCUT2D eigenvalue weighted by atomic mass is 10.1. The lowest BCUT2D eigenvalue weighted by Gasteiger charge is -2.08. The summed E-state index contributed by atoms with van der Waals surface area (Å²) in [6.45, 7) is 2.71. The number of nitro benzene ring substituents is 1. The Morgan fingerprint density at radius 3 is 2.75 bits per heavy atom. The van der Waals surface area contributed by atoms with E-state index in [2.05, 4.69) is 46.4 Å². The number of nitro groups is 1. The molecule has 0 aliphatic carbocycles. The Morgan fingerprint density at radius 2 is 2.05 bits per heavy atom. The van der Waals surface area contributed by atoms with Crippen LogP contribution in [0.5, 0.6) is 0 Å². The number of benzene rings is 2. The molecule has 0 unspecified atom stereocenters. The van der Waals surface area contributed by atoms with Crippen LogP contribution in [0.2, 0.25) is 0 Å². The molecule has 0 atom stereocenters. The van der Waals surface area contributed by atoms with Crippen LogP contribution in [0.25, 0.3) is 0 Å². The van der Waals surface area contributed by atoms with Crippen molar-refractivity contribution in [2.24, 2.45) is 0 Å². The number of aryl methyl sites for hydroxylation is 1. The van der Waals surface area contributed by atoms with Gasteiger partial charge >= 0.3 is 0 Å². The van der Waals surface area contributed by atoms with E-state index in [-0.39, 0.29) is 10.6 Å². The highest BCUT2D eigenvalue weighted by molar-refractivity contribution is 9.10. The molecule has 2 rings (SSSR count). The molecule has 4 nitrogen and oxygen atoms in total. The molecule has 0 aromatic heterocycles. The largest absolute Gasteiger partial charge is 0.379 e. The van der Waals surface area contributed by atoms with E-state index in [1.807, 2.05) is 6.07 Å². The third kappa shape index (κ3) is 3.81. The van der Waals surface area contributed by atoms with Gasteiger partial charge in [-0.1, -0.05) is 45.8 Å². The fraction of sp³-hybridized carbons (Fsp3) is 0.200. The first-order valence-corrected chi connectivity index (χ1v) is 7.09. The fourth-order valence-electron chi connectivity index (χ4n) is 2.01. The summed E-state index contributed by atoms with van der Waals surface area (Å²) in [5, 5.41) is 14.1. The van der Waals surface area contributed by atoms with Crippen molar-refractivity contribution in [3.63, 3.8) is 0 Å². The van der Waals surface area contributed by atoms with Crippen LogP contribution in [-0.4, -0.2) is 11.5 Å². The summed E-state index contributed by atoms with van der Waals surface area (Å²) in [6, 6.07) is 13.3. The molecule has 0 saturated carbocycles. The maximum Gasteiger partial charge on any atom is 0.293 e. The first-order chi connectivity index (χ1) is 9.56. The van der Waals surface area contributed by atoms with Crippen LogP contribution in [0.4, 0.5) is 11.4 Å². The quantitative estimate of drug-likeness (QED) is 0.654. The second-order valence-corrected chi connectivity index (χ2v) is 5.50. The molecule has 0 heterocycles. The van der Waals surface area contributed by atoms with Crippen molar-refractivity contribution < 1.29 is 4.92 Å². The van der Waals surface area contributed by atoms with Gasteiger partial charge in [-0.3, -0.25) is 10.1 Å². The molecule has 0 aliphatic heterocycles. The smallest absolute Gasteiger partial charge is 0.293 e. The van der Waals surface area contributed by atoms with Gasteiger partial charge in [0.2, 0.25) is 0 Å². The Morgan fingerprint density at radius 1 is 1.25 bits per heavy atom. The van der Waals surface area contributed by atoms with Crippen LogP contribution in [0.3, 0.4) is 0 Å². The second-order valence-electron chi connectivity index (χ2n) is 4.58. The molecule has 5 heteroatoms. The van der Waals surface area contributed by atoms with Gasteiger partial charge in [0.1, 0.15) is 5.69 Å². The van der Waals surface area contributed by atoms with E-state index in [0.29, 0.717) is 16.7 Å². The molecule has 104 valence electrons. The lowest BCUT2D eigenvalue weighted by molar-refractivity contribution is -0.384. The zero-order valence-electron chi connectivity index (χ0n) is 11.1. The molecule has 0 saturated heterocycles. The standard InChI is InChI=1S/C15H15BrN2O2/c1-11-3-2-4-12(9-11)7-8-17-14-6-5-13(16)10-15(14)18(19)20/h2-6,9-10,17H,7-8H2,1H3. The summed E-state index contributed by atoms with van der Waals surface area (Å²) in [6.07, 6.45) is 0.828. The van der Waals surface area contributed by atoms with Gasteiger partial charge < -0.3 is 5.32 Å². The predicted octanol–water partition coefficient (Wildman–Crippen LogP) is 4.32. The van der Waals surface area contributed by atoms with Gasteiger partial charge in [0, 0.05) is 17.1 Å². The average Bonchev–Trinajstić information content (AvgIpc) is 2.40. The molecule has 0 fully saturated rings. The summed E-state index contributed by atoms with van der Waals surface area (Å²) in [4.78, 5) is 10.6. The summed E-state index contributed by atoms with van der Waals surface area (Å²) in [7, 11) is 0. The number of anilines is 1. The molecular weight excluding hydrogens is 320 g/mol. The first kappa shape index (κ1) is 14.5. The van der Waals surface area contributed by atoms with Gasteiger partial charge in [0.05, 0.1) is 4.92 Å². The molecule has 0 aliphatic rings. The molecule has 2 aromatic rings. The Bertz CT molecular complexity index is 629. The Kier molecular flexibility index (Phi) is 4.74. The highest BCUT2D eigenvalue weighted by Crippen LogP contribution is 2.27. The van der Waals surface area contributed by atoms with E-state index < -0.39 is 0 Å². The number of halogens is 1. The van der Waals surface area contributed by atoms with Crippen LogP contribution in [0.15, 0.2) is 46.9 Å². The minimum Gasteiger partial charge on any atom is -0.379 e. The third-order valence-corrected chi connectivity index (χ3v) is 3.46. The highest BCUT2D eigenvalue weighted by atomic mass is 79.9. The van der Waals surface area contributed by atoms with Crippen molar-refractivity contribution in [2.45, 2.75) is 13.3 Å². The minimum atomic E-state index is -0.375. The third-order valence-electron chi connectivity index (χ3n) is 2.97. The van der Waals surface area contributed by atoms with Crippen molar-refractivity contribution in [1.29, 1.82) is 0 Å². The highest BCUT2D eigenvalue weighted by Gasteiger charge is 2.13. The van der Waals surface area contributed by atoms with E-state index in [0.717, 1.165) is 6.42 Å². The van der Waals surface area contributed by atoms with Crippen molar-refractivity contribution in [2.75, 3.05) is 11.9 Å². The van der Waals surface area contributed by atoms with Crippen LogP contribution in [0, 0.1) is 17.0 Å². The van der Waals surface area contributed by atoms with Gasteiger partial charge in [0.25, 0.3) is 5.69 Å². The van der Waals surface area contributed by atoms with Crippen LogP contribution in [0.1, 0.15) is 11.1 Å². The van der Waals surface area contributed by atoms with E-state index in [1.165, 1.54) is 17.2 Å². The second kappa shape index (κ2) is 6.52. The Balaban J connectivity index is 2.02. The van der Waals surface area contributed by atoms with Crippen LogP contribution in [-0.2, 0) is 6.42 Å². The van der Waals surface area contributed by atoms with Gasteiger partial charge in [-0.15, -0.1) is 0 Å². The number of hydrogen-bond donors (Lipinski definition) is 1. The summed E-state index contributed by atoms with van der Waals surface area (Å²) >= 11 is 3.25. The lowest BCUT2D eigenvalue weighted by Crippen LogP contribution is -2.07. The van der Waals surface area contributed by atoms with Crippen molar-refractivity contribution in [1.82, 2.24) is 0 Å². The van der Waals surface area contributed by atoms with Gasteiger partial charge in [0.15, 0.2) is 0 Å². The number of hydrogen-bond acceptors (Lipinski definition) is 3. The van der Waals surface area contributed by atoms with Crippen molar-refractivity contribution >= 4 is 27.3 Å². The topological polar surface area (TPSA) is 55.2 Å². The summed E-state index contributed by atoms with van der Waals surface area (Å²) in [5.74, 6) is 0. The van der Waals surface area contributed by atoms with Crippen LogP contribution >= 0.6 is 15.9 Å². The average molecular weight is 335 g/mol. The zero-order chi connectivity index (χ0) is 14.5. The predicted molar refractivity (Wildman–Crippen MR) is 84.2 cm³/mol. The van der Waals surface area contributed by atoms with Gasteiger partial charge in [-0.2, -0.15) is 0 Å². The number of rotatable bonds is 5. The normalized spacial score (nSPS) is 10.3. The van der Waals surface area contributed by atoms with Crippen LogP contribution < -0.4 is 5.32 Å². The van der Waals surface area contributed by atoms with E-state index >= 15 is 0 Å². The molecule has 1 N–H and O–H groups in total. The molecule has 0 spiro atoms. The molecule has 0 radical (unpaired) electrons. The van der Waals surface area contributed by atoms with Gasteiger partial charge in [-0.25, -0.2) is 0 Å². The van der Waals surface area contributed by atoms with Gasteiger partial charge in [-0.05, 0) is 31.0 Å². The number of nitrogens with one attached hydrogen (secondary N) is 1. The summed E-state index contributed by atoms with van der Waals surface area (Å²) < 4.78 is 0.702. The fourth-order valence-corrected chi connectivity index (χ4v) is 2.36. The first-order valence-electron chi connectivity index (χ1n) is 6.29. The molecule has 0 amide bonds. The number of nitrogens with zero attached hydrogens (tertiary/aromatic N) is 1. The molecular formula is C15H15BrN2O2. The Labute approximate surface area is 126 Å². The molecule has 2 aromatic carbocycles. The Hall–Kier alpha value is -1.88. The van der Waals surface area contributed by atoms with E-state index in [1.54, 1.807) is 12.1 Å². The maximum atomic E-state index is 11.0.